The predicted molar refractivity (Wildman–Crippen MR) is 83.6 cm³/mol. The molecule has 100 valence electrons. The van der Waals surface area contributed by atoms with Crippen molar-refractivity contribution in [3.63, 3.8) is 0 Å². The van der Waals surface area contributed by atoms with Gasteiger partial charge in [-0.2, -0.15) is 0 Å². The van der Waals surface area contributed by atoms with Crippen LogP contribution in [-0.4, -0.2) is 12.2 Å². The van der Waals surface area contributed by atoms with Crippen LogP contribution >= 0.6 is 31.9 Å². The van der Waals surface area contributed by atoms with Crippen LogP contribution in [-0.2, 0) is 0 Å². The maximum atomic E-state index is 10.6. The molecule has 2 aromatic rings. The predicted octanol–water partition coefficient (Wildman–Crippen LogP) is 4.61. The van der Waals surface area contributed by atoms with E-state index >= 15 is 0 Å². The molecule has 0 aromatic heterocycles. The van der Waals surface area contributed by atoms with E-state index < -0.39 is 6.10 Å². The zero-order chi connectivity index (χ0) is 14.0. The van der Waals surface area contributed by atoms with E-state index in [0.29, 0.717) is 5.75 Å². The van der Waals surface area contributed by atoms with Gasteiger partial charge in [-0.1, -0.05) is 50.1 Å². The van der Waals surface area contributed by atoms with Gasteiger partial charge in [0.05, 0.1) is 7.11 Å². The van der Waals surface area contributed by atoms with E-state index in [9.17, 15) is 5.11 Å². The zero-order valence-electron chi connectivity index (χ0n) is 10.7. The largest absolute Gasteiger partial charge is 0.496 e. The van der Waals surface area contributed by atoms with E-state index in [1.807, 2.05) is 43.3 Å². The molecule has 0 aliphatic rings. The summed E-state index contributed by atoms with van der Waals surface area (Å²) in [5, 5.41) is 10.6. The molecule has 1 N–H and O–H groups in total. The Morgan fingerprint density at radius 2 is 1.74 bits per heavy atom. The van der Waals surface area contributed by atoms with Crippen LogP contribution in [0.1, 0.15) is 22.8 Å². The Balaban J connectivity index is 2.52. The lowest BCUT2D eigenvalue weighted by molar-refractivity contribution is 0.214. The molecule has 1 unspecified atom stereocenters. The summed E-state index contributed by atoms with van der Waals surface area (Å²) in [6.07, 6.45) is -0.734. The Morgan fingerprint density at radius 1 is 1.05 bits per heavy atom. The van der Waals surface area contributed by atoms with E-state index in [4.69, 9.17) is 4.74 Å². The minimum atomic E-state index is -0.734. The average molecular weight is 386 g/mol. The number of ether oxygens (including phenoxy) is 1. The number of aryl methyl sites for hydroxylation is 1. The summed E-state index contributed by atoms with van der Waals surface area (Å²) < 4.78 is 7.20. The van der Waals surface area contributed by atoms with Crippen molar-refractivity contribution in [1.29, 1.82) is 0 Å². The van der Waals surface area contributed by atoms with Gasteiger partial charge >= 0.3 is 0 Å². The van der Waals surface area contributed by atoms with Crippen LogP contribution in [0.4, 0.5) is 0 Å². The van der Waals surface area contributed by atoms with Crippen molar-refractivity contribution in [2.24, 2.45) is 0 Å². The van der Waals surface area contributed by atoms with Gasteiger partial charge in [0, 0.05) is 14.5 Å². The highest BCUT2D eigenvalue weighted by Crippen LogP contribution is 2.36. The second-order valence-corrected chi connectivity index (χ2v) is 5.98. The van der Waals surface area contributed by atoms with Crippen LogP contribution in [0, 0.1) is 6.92 Å². The summed E-state index contributed by atoms with van der Waals surface area (Å²) in [6, 6.07) is 11.4. The Labute approximate surface area is 129 Å². The van der Waals surface area contributed by atoms with Crippen LogP contribution in [0.25, 0.3) is 0 Å². The van der Waals surface area contributed by atoms with E-state index in [1.54, 1.807) is 7.11 Å². The highest BCUT2D eigenvalue weighted by Gasteiger charge is 2.18. The van der Waals surface area contributed by atoms with Gasteiger partial charge in [0.25, 0.3) is 0 Å². The molecule has 2 rings (SSSR count). The van der Waals surface area contributed by atoms with E-state index in [0.717, 1.165) is 25.6 Å². The second kappa shape index (κ2) is 6.07. The fraction of sp³-hybridized carbons (Fsp3) is 0.200. The molecule has 0 heterocycles. The minimum Gasteiger partial charge on any atom is -0.496 e. The molecule has 0 radical (unpaired) electrons. The summed E-state index contributed by atoms with van der Waals surface area (Å²) in [4.78, 5) is 0. The number of methoxy groups -OCH3 is 1. The minimum absolute atomic E-state index is 0.684. The first-order chi connectivity index (χ1) is 9.04. The maximum absolute atomic E-state index is 10.6. The third-order valence-electron chi connectivity index (χ3n) is 3.01. The van der Waals surface area contributed by atoms with Crippen molar-refractivity contribution >= 4 is 31.9 Å². The lowest BCUT2D eigenvalue weighted by Gasteiger charge is -2.17. The van der Waals surface area contributed by atoms with Gasteiger partial charge in [-0.15, -0.1) is 0 Å². The molecule has 0 aliphatic carbocycles. The molecule has 2 aromatic carbocycles. The van der Waals surface area contributed by atoms with Gasteiger partial charge in [-0.3, -0.25) is 0 Å². The first kappa shape index (κ1) is 14.6. The quantitative estimate of drug-likeness (QED) is 0.835. The number of hydrogen-bond acceptors (Lipinski definition) is 2. The van der Waals surface area contributed by atoms with Crippen molar-refractivity contribution in [2.45, 2.75) is 13.0 Å². The fourth-order valence-electron chi connectivity index (χ4n) is 1.93. The molecule has 0 fully saturated rings. The van der Waals surface area contributed by atoms with Crippen molar-refractivity contribution in [1.82, 2.24) is 0 Å². The van der Waals surface area contributed by atoms with Gasteiger partial charge < -0.3 is 9.84 Å². The number of aliphatic hydroxyl groups is 1. The Hall–Kier alpha value is -0.840. The van der Waals surface area contributed by atoms with Crippen LogP contribution in [0.15, 0.2) is 45.3 Å². The molecule has 0 aliphatic heterocycles. The highest BCUT2D eigenvalue weighted by molar-refractivity contribution is 9.10. The Kier molecular flexibility index (Phi) is 4.66. The van der Waals surface area contributed by atoms with E-state index in [-0.39, 0.29) is 0 Å². The number of aliphatic hydroxyl groups excluding tert-OH is 1. The number of halogens is 2. The molecule has 0 saturated carbocycles. The number of hydrogen-bond donors (Lipinski definition) is 1. The topological polar surface area (TPSA) is 29.5 Å². The third-order valence-corrected chi connectivity index (χ3v) is 4.58. The molecule has 0 bridgehead atoms. The van der Waals surface area contributed by atoms with Crippen LogP contribution in [0.5, 0.6) is 5.75 Å². The van der Waals surface area contributed by atoms with Gasteiger partial charge in [0.2, 0.25) is 0 Å². The first-order valence-electron chi connectivity index (χ1n) is 5.81. The van der Waals surface area contributed by atoms with Crippen molar-refractivity contribution < 1.29 is 9.84 Å². The molecule has 19 heavy (non-hydrogen) atoms. The molecule has 0 saturated heterocycles. The summed E-state index contributed by atoms with van der Waals surface area (Å²) in [7, 11) is 1.61. The molecule has 0 spiro atoms. The monoisotopic (exact) mass is 384 g/mol. The van der Waals surface area contributed by atoms with Crippen LogP contribution in [0.3, 0.4) is 0 Å². The lowest BCUT2D eigenvalue weighted by atomic mass is 9.99. The normalized spacial score (nSPS) is 12.3. The fourth-order valence-corrected chi connectivity index (χ4v) is 2.79. The van der Waals surface area contributed by atoms with E-state index in [1.165, 1.54) is 0 Å². The van der Waals surface area contributed by atoms with Crippen molar-refractivity contribution in [2.75, 3.05) is 7.11 Å². The lowest BCUT2D eigenvalue weighted by Crippen LogP contribution is -2.04. The van der Waals surface area contributed by atoms with Crippen molar-refractivity contribution in [3.05, 3.63) is 62.0 Å². The molecular weight excluding hydrogens is 372 g/mol. The zero-order valence-corrected chi connectivity index (χ0v) is 13.8. The van der Waals surface area contributed by atoms with Crippen molar-refractivity contribution in [3.8, 4) is 5.75 Å². The molecule has 4 heteroatoms. The first-order valence-corrected chi connectivity index (χ1v) is 7.39. The van der Waals surface area contributed by atoms with Crippen LogP contribution < -0.4 is 4.74 Å². The summed E-state index contributed by atoms with van der Waals surface area (Å²) in [6.45, 7) is 1.99. The van der Waals surface area contributed by atoms with Gasteiger partial charge in [-0.05, 0) is 36.2 Å². The Bertz CT molecular complexity index is 597. The van der Waals surface area contributed by atoms with E-state index in [2.05, 4.69) is 31.9 Å². The number of benzene rings is 2. The Morgan fingerprint density at radius 3 is 2.37 bits per heavy atom. The van der Waals surface area contributed by atoms with Gasteiger partial charge in [0.15, 0.2) is 0 Å². The van der Waals surface area contributed by atoms with Crippen LogP contribution in [0.2, 0.25) is 0 Å². The standard InChI is InChI=1S/C15H14Br2O2/c1-9-7-14(19-2)11(8-13(9)17)15(18)10-5-3-4-6-12(10)16/h3-8,15,18H,1-2H3. The smallest absolute Gasteiger partial charge is 0.125 e. The summed E-state index contributed by atoms with van der Waals surface area (Å²) >= 11 is 6.95. The molecule has 0 amide bonds. The average Bonchev–Trinajstić information content (AvgIpc) is 2.41. The highest BCUT2D eigenvalue weighted by atomic mass is 79.9. The summed E-state index contributed by atoms with van der Waals surface area (Å²) in [5.41, 5.74) is 2.63. The second-order valence-electron chi connectivity index (χ2n) is 4.27. The van der Waals surface area contributed by atoms with Gasteiger partial charge in [0.1, 0.15) is 11.9 Å². The molecule has 1 atom stereocenters. The van der Waals surface area contributed by atoms with Gasteiger partial charge in [-0.25, -0.2) is 0 Å². The number of rotatable bonds is 3. The SMILES string of the molecule is COc1cc(C)c(Br)cc1C(O)c1ccccc1Br. The third kappa shape index (κ3) is 3.02. The summed E-state index contributed by atoms with van der Waals surface area (Å²) in [5.74, 6) is 0.684. The molecular formula is C15H14Br2O2. The molecule has 2 nitrogen and oxygen atoms in total. The maximum Gasteiger partial charge on any atom is 0.125 e.